The lowest BCUT2D eigenvalue weighted by molar-refractivity contribution is 0.0946. The third-order valence-electron chi connectivity index (χ3n) is 6.68. The molecule has 1 aromatic carbocycles. The number of nitrogens with zero attached hydrogens (tertiary/aromatic N) is 3. The van der Waals surface area contributed by atoms with Gasteiger partial charge < -0.3 is 10.6 Å². The summed E-state index contributed by atoms with van der Waals surface area (Å²) in [5, 5.41) is 6.97. The summed E-state index contributed by atoms with van der Waals surface area (Å²) < 4.78 is 15.8. The molecule has 2 atom stereocenters. The molecule has 0 unspecified atom stereocenters. The van der Waals surface area contributed by atoms with Crippen LogP contribution in [0.2, 0.25) is 0 Å². The molecule has 1 saturated carbocycles. The van der Waals surface area contributed by atoms with Gasteiger partial charge in [0.05, 0.1) is 5.52 Å². The predicted octanol–water partition coefficient (Wildman–Crippen LogP) is 3.45. The molecule has 0 spiro atoms. The number of rotatable bonds is 7. The van der Waals surface area contributed by atoms with Gasteiger partial charge in [-0.2, -0.15) is 4.39 Å². The zero-order valence-electron chi connectivity index (χ0n) is 18.9. The number of carbonyl (C=O) groups is 1. The molecule has 1 aliphatic rings. The number of amides is 1. The van der Waals surface area contributed by atoms with Crippen molar-refractivity contribution in [2.45, 2.75) is 32.9 Å². The molecule has 34 heavy (non-hydrogen) atoms. The third kappa shape index (κ3) is 4.54. The van der Waals surface area contributed by atoms with Gasteiger partial charge in [0.25, 0.3) is 11.5 Å². The van der Waals surface area contributed by atoms with Gasteiger partial charge in [-0.15, -0.1) is 0 Å². The topological polar surface area (TPSA) is 88.4 Å². The molecule has 7 nitrogen and oxygen atoms in total. The Labute approximate surface area is 196 Å². The van der Waals surface area contributed by atoms with Crippen LogP contribution in [-0.4, -0.2) is 26.8 Å². The maximum Gasteiger partial charge on any atom is 0.270 e. The Bertz CT molecular complexity index is 1430. The maximum atomic E-state index is 14.5. The molecule has 174 valence electrons. The molecule has 3 aromatic heterocycles. The zero-order chi connectivity index (χ0) is 23.7. The second kappa shape index (κ2) is 9.30. The highest BCUT2D eigenvalue weighted by Gasteiger charge is 2.25. The smallest absolute Gasteiger partial charge is 0.270 e. The van der Waals surface area contributed by atoms with Crippen LogP contribution in [0.15, 0.2) is 59.5 Å². The SMILES string of the molecule is C[C@H]1CC[C@H]1CNCc1cc2cc(CNC(=O)c3cc(=O)n4ccccc4n3)ccc2nc1F. The Morgan fingerprint density at radius 1 is 1.12 bits per heavy atom. The fourth-order valence-corrected chi connectivity index (χ4v) is 4.35. The van der Waals surface area contributed by atoms with E-state index in [-0.39, 0.29) is 17.8 Å². The molecule has 1 amide bonds. The van der Waals surface area contributed by atoms with E-state index in [0.717, 1.165) is 23.4 Å². The van der Waals surface area contributed by atoms with Crippen LogP contribution < -0.4 is 16.2 Å². The number of hydrogen-bond donors (Lipinski definition) is 2. The average Bonchev–Trinajstić information content (AvgIpc) is 2.84. The number of fused-ring (bicyclic) bond motifs is 2. The molecule has 2 N–H and O–H groups in total. The van der Waals surface area contributed by atoms with Crippen molar-refractivity contribution in [3.05, 3.63) is 87.9 Å². The number of benzene rings is 1. The third-order valence-corrected chi connectivity index (χ3v) is 6.68. The highest BCUT2D eigenvalue weighted by atomic mass is 19.1. The highest BCUT2D eigenvalue weighted by Crippen LogP contribution is 2.32. The van der Waals surface area contributed by atoms with E-state index >= 15 is 0 Å². The maximum absolute atomic E-state index is 14.5. The number of aromatic nitrogens is 3. The summed E-state index contributed by atoms with van der Waals surface area (Å²) in [4.78, 5) is 33.2. The van der Waals surface area contributed by atoms with Crippen LogP contribution in [0.1, 0.15) is 41.4 Å². The zero-order valence-corrected chi connectivity index (χ0v) is 18.9. The minimum atomic E-state index is -0.462. The molecule has 5 rings (SSSR count). The number of hydrogen-bond acceptors (Lipinski definition) is 5. The van der Waals surface area contributed by atoms with E-state index in [4.69, 9.17) is 0 Å². The van der Waals surface area contributed by atoms with E-state index in [9.17, 15) is 14.0 Å². The molecule has 8 heteroatoms. The van der Waals surface area contributed by atoms with Gasteiger partial charge in [-0.1, -0.05) is 25.5 Å². The summed E-state index contributed by atoms with van der Waals surface area (Å²) in [6, 6.07) is 13.6. The molecule has 1 aliphatic carbocycles. The fourth-order valence-electron chi connectivity index (χ4n) is 4.35. The van der Waals surface area contributed by atoms with Crippen LogP contribution in [0.4, 0.5) is 4.39 Å². The molecular weight excluding hydrogens is 433 g/mol. The van der Waals surface area contributed by atoms with Crippen molar-refractivity contribution >= 4 is 22.5 Å². The lowest BCUT2D eigenvalue weighted by atomic mass is 9.75. The van der Waals surface area contributed by atoms with Crippen LogP contribution in [0.5, 0.6) is 0 Å². The Morgan fingerprint density at radius 3 is 2.79 bits per heavy atom. The monoisotopic (exact) mass is 459 g/mol. The summed E-state index contributed by atoms with van der Waals surface area (Å²) in [5.74, 6) is 0.501. The number of pyridine rings is 2. The van der Waals surface area contributed by atoms with Crippen LogP contribution in [0.3, 0.4) is 0 Å². The van der Waals surface area contributed by atoms with Crippen molar-refractivity contribution in [1.29, 1.82) is 0 Å². The summed E-state index contributed by atoms with van der Waals surface area (Å²) >= 11 is 0. The molecule has 0 saturated heterocycles. The lowest BCUT2D eigenvalue weighted by Crippen LogP contribution is -2.33. The molecule has 1 fully saturated rings. The minimum absolute atomic E-state index is 0.0647. The van der Waals surface area contributed by atoms with Gasteiger partial charge in [-0.25, -0.2) is 9.97 Å². The Kier molecular flexibility index (Phi) is 6.06. The van der Waals surface area contributed by atoms with Crippen LogP contribution in [-0.2, 0) is 13.1 Å². The van der Waals surface area contributed by atoms with Gasteiger partial charge in [0.15, 0.2) is 0 Å². The first kappa shape index (κ1) is 22.2. The standard InChI is InChI=1S/C26H26FN5O2/c1-16-5-7-18(16)14-28-15-20-11-19-10-17(6-8-21(19)31-25(20)27)13-29-26(34)22-12-24(33)32-9-3-2-4-23(32)30-22/h2-4,6,8-12,16,18,28H,5,7,13-15H2,1H3,(H,29,34)/t16-,18-/m0/s1. The van der Waals surface area contributed by atoms with Gasteiger partial charge in [0, 0.05) is 36.3 Å². The van der Waals surface area contributed by atoms with Crippen LogP contribution >= 0.6 is 0 Å². The van der Waals surface area contributed by atoms with Crippen LogP contribution in [0, 0.1) is 17.8 Å². The van der Waals surface area contributed by atoms with Crippen molar-refractivity contribution in [3.63, 3.8) is 0 Å². The molecule has 4 aromatic rings. The summed E-state index contributed by atoms with van der Waals surface area (Å²) in [5.41, 5.74) is 2.09. The minimum Gasteiger partial charge on any atom is -0.347 e. The van der Waals surface area contributed by atoms with Gasteiger partial charge in [0.1, 0.15) is 11.3 Å². The van der Waals surface area contributed by atoms with Crippen LogP contribution in [0.25, 0.3) is 16.6 Å². The molecule has 0 aliphatic heterocycles. The number of halogens is 1. The first-order chi connectivity index (χ1) is 16.5. The molecule has 0 bridgehead atoms. The molecule has 3 heterocycles. The second-order valence-electron chi connectivity index (χ2n) is 9.00. The summed E-state index contributed by atoms with van der Waals surface area (Å²) in [6.45, 7) is 3.82. The lowest BCUT2D eigenvalue weighted by Gasteiger charge is -2.34. The van der Waals surface area contributed by atoms with Gasteiger partial charge in [0.2, 0.25) is 5.95 Å². The van der Waals surface area contributed by atoms with E-state index in [1.54, 1.807) is 36.5 Å². The van der Waals surface area contributed by atoms with Gasteiger partial charge in [-0.05, 0) is 60.7 Å². The first-order valence-electron chi connectivity index (χ1n) is 11.5. The number of carbonyl (C=O) groups excluding carboxylic acids is 1. The summed E-state index contributed by atoms with van der Waals surface area (Å²) in [7, 11) is 0. The van der Waals surface area contributed by atoms with Crippen molar-refractivity contribution in [1.82, 2.24) is 25.0 Å². The second-order valence-corrected chi connectivity index (χ2v) is 9.00. The first-order valence-corrected chi connectivity index (χ1v) is 11.5. The van der Waals surface area contributed by atoms with E-state index in [1.165, 1.54) is 23.3 Å². The van der Waals surface area contributed by atoms with Crippen molar-refractivity contribution in [2.75, 3.05) is 6.54 Å². The summed E-state index contributed by atoms with van der Waals surface area (Å²) in [6.07, 6.45) is 4.10. The Hall–Kier alpha value is -3.65. The number of nitrogens with one attached hydrogen (secondary N) is 2. The average molecular weight is 460 g/mol. The fraction of sp³-hybridized carbons (Fsp3) is 0.308. The largest absolute Gasteiger partial charge is 0.347 e. The quantitative estimate of drug-likeness (QED) is 0.414. The Morgan fingerprint density at radius 2 is 2.00 bits per heavy atom. The molecule has 0 radical (unpaired) electrons. The van der Waals surface area contributed by atoms with E-state index in [0.29, 0.717) is 29.2 Å². The normalized spacial score (nSPS) is 17.6. The molecular formula is C26H26FN5O2. The van der Waals surface area contributed by atoms with Crippen molar-refractivity contribution < 1.29 is 9.18 Å². The highest BCUT2D eigenvalue weighted by molar-refractivity contribution is 5.92. The van der Waals surface area contributed by atoms with E-state index in [1.807, 2.05) is 12.1 Å². The van der Waals surface area contributed by atoms with Crippen molar-refractivity contribution in [2.24, 2.45) is 11.8 Å². The van der Waals surface area contributed by atoms with Gasteiger partial charge >= 0.3 is 0 Å². The van der Waals surface area contributed by atoms with E-state index < -0.39 is 11.9 Å². The van der Waals surface area contributed by atoms with Gasteiger partial charge in [-0.3, -0.25) is 14.0 Å². The van der Waals surface area contributed by atoms with E-state index in [2.05, 4.69) is 27.5 Å². The van der Waals surface area contributed by atoms with Crippen molar-refractivity contribution in [3.8, 4) is 0 Å². The predicted molar refractivity (Wildman–Crippen MR) is 128 cm³/mol. The Balaban J connectivity index is 1.27.